The van der Waals surface area contributed by atoms with E-state index in [0.717, 1.165) is 5.56 Å². The van der Waals surface area contributed by atoms with Crippen LogP contribution in [0.1, 0.15) is 59.1 Å². The fourth-order valence-electron chi connectivity index (χ4n) is 2.90. The zero-order chi connectivity index (χ0) is 17.3. The Balaban J connectivity index is 2.10. The van der Waals surface area contributed by atoms with Gasteiger partial charge < -0.3 is 20.5 Å². The van der Waals surface area contributed by atoms with Crippen molar-refractivity contribution in [3.8, 4) is 0 Å². The highest BCUT2D eigenvalue weighted by Crippen LogP contribution is 2.38. The number of anilines is 1. The van der Waals surface area contributed by atoms with Crippen LogP contribution in [0.4, 0.5) is 10.5 Å². The minimum atomic E-state index is -0.514. The number of rotatable bonds is 2. The maximum absolute atomic E-state index is 12.0. The number of aromatic nitrogens is 1. The van der Waals surface area contributed by atoms with Crippen molar-refractivity contribution in [3.05, 3.63) is 24.0 Å². The first-order chi connectivity index (χ1) is 10.6. The van der Waals surface area contributed by atoms with Crippen LogP contribution in [0.15, 0.2) is 18.5 Å². The second-order valence-corrected chi connectivity index (χ2v) is 7.65. The zero-order valence-corrected chi connectivity index (χ0v) is 14.6. The van der Waals surface area contributed by atoms with Gasteiger partial charge in [0.1, 0.15) is 5.60 Å². The van der Waals surface area contributed by atoms with Gasteiger partial charge >= 0.3 is 6.09 Å². The molecule has 1 amide bonds. The molecule has 6 heteroatoms. The van der Waals surface area contributed by atoms with E-state index >= 15 is 0 Å². The molecule has 128 valence electrons. The molecule has 1 saturated heterocycles. The highest BCUT2D eigenvalue weighted by atomic mass is 16.6. The van der Waals surface area contributed by atoms with E-state index in [1.165, 1.54) is 0 Å². The molecule has 2 atom stereocenters. The SMILES string of the molecule is CC(C)(C)OC(=O)N[C@@H]1C[C@@H](c2ccncc2N)OC(C)(C)C1. The fourth-order valence-corrected chi connectivity index (χ4v) is 2.90. The second-order valence-electron chi connectivity index (χ2n) is 7.65. The largest absolute Gasteiger partial charge is 0.444 e. The van der Waals surface area contributed by atoms with E-state index in [4.69, 9.17) is 15.2 Å². The molecule has 0 aliphatic carbocycles. The van der Waals surface area contributed by atoms with Crippen LogP contribution in [0.5, 0.6) is 0 Å². The summed E-state index contributed by atoms with van der Waals surface area (Å²) < 4.78 is 11.5. The number of carbonyl (C=O) groups is 1. The third-order valence-corrected chi connectivity index (χ3v) is 3.65. The number of alkyl carbamates (subject to hydrolysis) is 1. The van der Waals surface area contributed by atoms with Crippen molar-refractivity contribution in [2.45, 2.75) is 70.8 Å². The molecule has 2 rings (SSSR count). The molecule has 6 nitrogen and oxygen atoms in total. The first kappa shape index (κ1) is 17.5. The first-order valence-corrected chi connectivity index (χ1v) is 7.92. The molecular formula is C17H27N3O3. The Morgan fingerprint density at radius 1 is 1.48 bits per heavy atom. The summed E-state index contributed by atoms with van der Waals surface area (Å²) in [5, 5.41) is 2.95. The van der Waals surface area contributed by atoms with E-state index in [0.29, 0.717) is 18.5 Å². The van der Waals surface area contributed by atoms with Crippen molar-refractivity contribution in [3.63, 3.8) is 0 Å². The van der Waals surface area contributed by atoms with Gasteiger partial charge in [0.15, 0.2) is 0 Å². The van der Waals surface area contributed by atoms with E-state index < -0.39 is 11.7 Å². The van der Waals surface area contributed by atoms with Gasteiger partial charge in [0.25, 0.3) is 0 Å². The van der Waals surface area contributed by atoms with Crippen LogP contribution < -0.4 is 11.1 Å². The van der Waals surface area contributed by atoms with Crippen LogP contribution in [0.3, 0.4) is 0 Å². The predicted octanol–water partition coefficient (Wildman–Crippen LogP) is 3.19. The highest BCUT2D eigenvalue weighted by Gasteiger charge is 2.37. The van der Waals surface area contributed by atoms with Gasteiger partial charge in [0.05, 0.1) is 23.6 Å². The quantitative estimate of drug-likeness (QED) is 0.873. The molecule has 1 aromatic rings. The summed E-state index contributed by atoms with van der Waals surface area (Å²) in [5.41, 5.74) is 6.65. The summed E-state index contributed by atoms with van der Waals surface area (Å²) in [6, 6.07) is 1.83. The Morgan fingerprint density at radius 2 is 2.17 bits per heavy atom. The van der Waals surface area contributed by atoms with Crippen molar-refractivity contribution in [2.75, 3.05) is 5.73 Å². The van der Waals surface area contributed by atoms with Crippen LogP contribution in [-0.2, 0) is 9.47 Å². The number of hydrogen-bond donors (Lipinski definition) is 2. The number of nitrogens with two attached hydrogens (primary N) is 1. The highest BCUT2D eigenvalue weighted by molar-refractivity contribution is 5.68. The van der Waals surface area contributed by atoms with E-state index in [-0.39, 0.29) is 17.7 Å². The lowest BCUT2D eigenvalue weighted by atomic mass is 9.88. The van der Waals surface area contributed by atoms with Crippen LogP contribution >= 0.6 is 0 Å². The van der Waals surface area contributed by atoms with Gasteiger partial charge in [-0.05, 0) is 53.5 Å². The van der Waals surface area contributed by atoms with Crippen molar-refractivity contribution >= 4 is 11.8 Å². The van der Waals surface area contributed by atoms with Gasteiger partial charge in [-0.3, -0.25) is 4.98 Å². The Bertz CT molecular complexity index is 566. The maximum Gasteiger partial charge on any atom is 0.407 e. The van der Waals surface area contributed by atoms with Crippen LogP contribution in [0.2, 0.25) is 0 Å². The molecule has 1 fully saturated rings. The van der Waals surface area contributed by atoms with Crippen molar-refractivity contribution in [1.82, 2.24) is 10.3 Å². The summed E-state index contributed by atoms with van der Waals surface area (Å²) in [6.45, 7) is 9.57. The lowest BCUT2D eigenvalue weighted by molar-refractivity contribution is -0.118. The number of amides is 1. The van der Waals surface area contributed by atoms with Crippen LogP contribution in [0, 0.1) is 0 Å². The maximum atomic E-state index is 12.0. The lowest BCUT2D eigenvalue weighted by Crippen LogP contribution is -2.48. The molecule has 0 radical (unpaired) electrons. The van der Waals surface area contributed by atoms with Gasteiger partial charge in [-0.25, -0.2) is 4.79 Å². The molecule has 1 aromatic heterocycles. The Morgan fingerprint density at radius 3 is 2.78 bits per heavy atom. The van der Waals surface area contributed by atoms with Crippen LogP contribution in [-0.4, -0.2) is 28.3 Å². The van der Waals surface area contributed by atoms with Crippen molar-refractivity contribution < 1.29 is 14.3 Å². The van der Waals surface area contributed by atoms with E-state index in [2.05, 4.69) is 10.3 Å². The number of ether oxygens (including phenoxy) is 2. The molecule has 0 bridgehead atoms. The molecule has 1 aliphatic heterocycles. The summed E-state index contributed by atoms with van der Waals surface area (Å²) in [7, 11) is 0. The van der Waals surface area contributed by atoms with E-state index in [9.17, 15) is 4.79 Å². The average Bonchev–Trinajstić information content (AvgIpc) is 2.34. The van der Waals surface area contributed by atoms with Gasteiger partial charge in [-0.2, -0.15) is 0 Å². The van der Waals surface area contributed by atoms with Gasteiger partial charge in [0.2, 0.25) is 0 Å². The van der Waals surface area contributed by atoms with E-state index in [1.807, 2.05) is 40.7 Å². The molecule has 0 saturated carbocycles. The number of pyridine rings is 1. The Hall–Kier alpha value is -1.82. The molecule has 0 aromatic carbocycles. The molecule has 0 spiro atoms. The minimum absolute atomic E-state index is 0.0360. The van der Waals surface area contributed by atoms with Gasteiger partial charge in [-0.1, -0.05) is 0 Å². The number of nitrogen functional groups attached to an aromatic ring is 1. The Labute approximate surface area is 137 Å². The fraction of sp³-hybridized carbons (Fsp3) is 0.647. The third kappa shape index (κ3) is 5.10. The van der Waals surface area contributed by atoms with E-state index in [1.54, 1.807) is 12.4 Å². The number of nitrogens with one attached hydrogen (secondary N) is 1. The summed E-state index contributed by atoms with van der Waals surface area (Å²) in [5.74, 6) is 0. The minimum Gasteiger partial charge on any atom is -0.444 e. The summed E-state index contributed by atoms with van der Waals surface area (Å²) in [4.78, 5) is 16.1. The molecule has 0 unspecified atom stereocenters. The van der Waals surface area contributed by atoms with Crippen molar-refractivity contribution in [2.24, 2.45) is 0 Å². The smallest absolute Gasteiger partial charge is 0.407 e. The average molecular weight is 321 g/mol. The monoisotopic (exact) mass is 321 g/mol. The van der Waals surface area contributed by atoms with Gasteiger partial charge in [-0.15, -0.1) is 0 Å². The summed E-state index contributed by atoms with van der Waals surface area (Å²) >= 11 is 0. The van der Waals surface area contributed by atoms with Gasteiger partial charge in [0, 0.05) is 17.8 Å². The molecule has 1 aliphatic rings. The zero-order valence-electron chi connectivity index (χ0n) is 14.6. The standard InChI is InChI=1S/C17H27N3O3/c1-16(2,3)23-15(21)20-11-8-14(22-17(4,5)9-11)12-6-7-19-10-13(12)18/h6-7,10-11,14H,8-9,18H2,1-5H3,(H,20,21)/t11-,14+/m1/s1. The summed E-state index contributed by atoms with van der Waals surface area (Å²) in [6.07, 6.45) is 4.11. The van der Waals surface area contributed by atoms with Crippen LogP contribution in [0.25, 0.3) is 0 Å². The number of hydrogen-bond acceptors (Lipinski definition) is 5. The lowest BCUT2D eigenvalue weighted by Gasteiger charge is -2.41. The molecule has 23 heavy (non-hydrogen) atoms. The molecule has 2 heterocycles. The first-order valence-electron chi connectivity index (χ1n) is 7.92. The molecular weight excluding hydrogens is 294 g/mol. The normalized spacial score (nSPS) is 24.0. The number of nitrogens with zero attached hydrogens (tertiary/aromatic N) is 1. The molecule has 3 N–H and O–H groups in total. The Kier molecular flexibility index (Phi) is 4.84. The number of carbonyl (C=O) groups excluding carboxylic acids is 1. The second kappa shape index (κ2) is 6.35. The predicted molar refractivity (Wildman–Crippen MR) is 88.9 cm³/mol. The van der Waals surface area contributed by atoms with Crippen molar-refractivity contribution in [1.29, 1.82) is 0 Å². The topological polar surface area (TPSA) is 86.5 Å². The third-order valence-electron chi connectivity index (χ3n) is 3.65.